The Morgan fingerprint density at radius 1 is 1.16 bits per heavy atom. The minimum atomic E-state index is -0.211. The highest BCUT2D eigenvalue weighted by atomic mass is 32.1. The molecule has 0 atom stereocenters. The Bertz CT molecular complexity index is 833. The predicted octanol–water partition coefficient (Wildman–Crippen LogP) is 3.08. The Hall–Kier alpha value is -2.70. The molecule has 0 saturated heterocycles. The van der Waals surface area contributed by atoms with Crippen molar-refractivity contribution in [2.24, 2.45) is 5.73 Å². The molecular formula is C19H19N3O2S. The maximum absolute atomic E-state index is 12.2. The van der Waals surface area contributed by atoms with Crippen molar-refractivity contribution in [2.75, 3.05) is 13.1 Å². The number of benzene rings is 2. The number of nitrogens with one attached hydrogen (secondary N) is 1. The molecule has 25 heavy (non-hydrogen) atoms. The van der Waals surface area contributed by atoms with E-state index >= 15 is 0 Å². The van der Waals surface area contributed by atoms with Crippen molar-refractivity contribution in [2.45, 2.75) is 6.61 Å². The van der Waals surface area contributed by atoms with Gasteiger partial charge in [0.1, 0.15) is 18.1 Å². The van der Waals surface area contributed by atoms with E-state index in [1.807, 2.05) is 54.6 Å². The molecular weight excluding hydrogens is 334 g/mol. The number of aromatic nitrogens is 1. The molecule has 5 nitrogen and oxygen atoms in total. The van der Waals surface area contributed by atoms with Gasteiger partial charge in [-0.1, -0.05) is 42.5 Å². The van der Waals surface area contributed by atoms with Crippen LogP contribution in [-0.2, 0) is 6.61 Å². The first kappa shape index (κ1) is 17.1. The first-order valence-corrected chi connectivity index (χ1v) is 8.85. The fourth-order valence-electron chi connectivity index (χ4n) is 2.35. The summed E-state index contributed by atoms with van der Waals surface area (Å²) in [6, 6.07) is 17.7. The minimum absolute atomic E-state index is 0.211. The molecule has 0 spiro atoms. The number of carbonyl (C=O) groups is 1. The van der Waals surface area contributed by atoms with Crippen LogP contribution in [0.1, 0.15) is 16.1 Å². The van der Waals surface area contributed by atoms with Crippen molar-refractivity contribution in [3.05, 3.63) is 71.4 Å². The van der Waals surface area contributed by atoms with Crippen molar-refractivity contribution < 1.29 is 9.53 Å². The average molecular weight is 353 g/mol. The van der Waals surface area contributed by atoms with Gasteiger partial charge in [0.25, 0.3) is 5.91 Å². The molecule has 0 aliphatic heterocycles. The lowest BCUT2D eigenvalue weighted by atomic mass is 10.1. The first-order chi connectivity index (χ1) is 12.3. The summed E-state index contributed by atoms with van der Waals surface area (Å²) >= 11 is 1.43. The van der Waals surface area contributed by atoms with Gasteiger partial charge in [0.05, 0.1) is 10.4 Å². The van der Waals surface area contributed by atoms with Gasteiger partial charge < -0.3 is 15.8 Å². The monoisotopic (exact) mass is 353 g/mol. The number of nitrogens with two attached hydrogens (primary N) is 1. The van der Waals surface area contributed by atoms with E-state index in [2.05, 4.69) is 10.3 Å². The van der Waals surface area contributed by atoms with Gasteiger partial charge in [-0.3, -0.25) is 4.79 Å². The van der Waals surface area contributed by atoms with E-state index in [0.29, 0.717) is 25.4 Å². The van der Waals surface area contributed by atoms with E-state index in [0.717, 1.165) is 21.8 Å². The van der Waals surface area contributed by atoms with Crippen molar-refractivity contribution in [3.63, 3.8) is 0 Å². The molecule has 0 aliphatic carbocycles. The molecule has 0 aliphatic rings. The standard InChI is InChI=1S/C19H19N3O2S/c20-9-10-21-19(23)17-18(25-13-22-17)15-7-4-8-16(11-15)24-12-14-5-2-1-3-6-14/h1-8,11,13H,9-10,12,20H2,(H,21,23). The lowest BCUT2D eigenvalue weighted by molar-refractivity contribution is 0.0951. The number of carbonyl (C=O) groups excluding carboxylic acids is 1. The van der Waals surface area contributed by atoms with Crippen LogP contribution < -0.4 is 15.8 Å². The third-order valence-corrected chi connectivity index (χ3v) is 4.43. The fourth-order valence-corrected chi connectivity index (χ4v) is 3.13. The molecule has 128 valence electrons. The number of ether oxygens (including phenoxy) is 1. The smallest absolute Gasteiger partial charge is 0.271 e. The van der Waals surface area contributed by atoms with Crippen LogP contribution in [0.25, 0.3) is 10.4 Å². The highest BCUT2D eigenvalue weighted by Crippen LogP contribution is 2.30. The number of rotatable bonds is 7. The summed E-state index contributed by atoms with van der Waals surface area (Å²) in [7, 11) is 0. The summed E-state index contributed by atoms with van der Waals surface area (Å²) in [5.74, 6) is 0.542. The second-order valence-electron chi connectivity index (χ2n) is 5.38. The Morgan fingerprint density at radius 2 is 2.00 bits per heavy atom. The zero-order valence-corrected chi connectivity index (χ0v) is 14.5. The molecule has 1 aromatic heterocycles. The Balaban J connectivity index is 1.76. The van der Waals surface area contributed by atoms with Crippen molar-refractivity contribution in [3.8, 4) is 16.2 Å². The zero-order valence-electron chi connectivity index (χ0n) is 13.6. The maximum Gasteiger partial charge on any atom is 0.271 e. The largest absolute Gasteiger partial charge is 0.489 e. The lowest BCUT2D eigenvalue weighted by Crippen LogP contribution is -2.29. The summed E-state index contributed by atoms with van der Waals surface area (Å²) in [6.45, 7) is 1.32. The molecule has 0 saturated carbocycles. The van der Waals surface area contributed by atoms with E-state index in [9.17, 15) is 4.79 Å². The van der Waals surface area contributed by atoms with Gasteiger partial charge in [0.15, 0.2) is 0 Å². The van der Waals surface area contributed by atoms with Crippen LogP contribution in [-0.4, -0.2) is 24.0 Å². The van der Waals surface area contributed by atoms with Gasteiger partial charge >= 0.3 is 0 Å². The molecule has 6 heteroatoms. The van der Waals surface area contributed by atoms with Crippen LogP contribution in [0.2, 0.25) is 0 Å². The third kappa shape index (κ3) is 4.43. The Labute approximate surface area is 150 Å². The van der Waals surface area contributed by atoms with E-state index in [-0.39, 0.29) is 5.91 Å². The van der Waals surface area contributed by atoms with Gasteiger partial charge in [-0.05, 0) is 23.3 Å². The maximum atomic E-state index is 12.2. The van der Waals surface area contributed by atoms with Crippen LogP contribution in [0, 0.1) is 0 Å². The zero-order chi connectivity index (χ0) is 17.5. The summed E-state index contributed by atoms with van der Waals surface area (Å²) in [4.78, 5) is 17.2. The van der Waals surface area contributed by atoms with Crippen LogP contribution in [0.15, 0.2) is 60.1 Å². The molecule has 0 fully saturated rings. The fraction of sp³-hybridized carbons (Fsp3) is 0.158. The average Bonchev–Trinajstić information content (AvgIpc) is 3.15. The number of nitrogens with zero attached hydrogens (tertiary/aromatic N) is 1. The minimum Gasteiger partial charge on any atom is -0.489 e. The summed E-state index contributed by atoms with van der Waals surface area (Å²) in [5.41, 5.74) is 9.53. The molecule has 0 radical (unpaired) electrons. The van der Waals surface area contributed by atoms with Gasteiger partial charge in [-0.15, -0.1) is 11.3 Å². The molecule has 2 aromatic carbocycles. The quantitative estimate of drug-likeness (QED) is 0.684. The molecule has 0 bridgehead atoms. The highest BCUT2D eigenvalue weighted by Gasteiger charge is 2.16. The second kappa shape index (κ2) is 8.41. The topological polar surface area (TPSA) is 77.2 Å². The highest BCUT2D eigenvalue weighted by molar-refractivity contribution is 7.13. The number of hydrogen-bond donors (Lipinski definition) is 2. The number of hydrogen-bond acceptors (Lipinski definition) is 5. The van der Waals surface area contributed by atoms with E-state index in [4.69, 9.17) is 10.5 Å². The lowest BCUT2D eigenvalue weighted by Gasteiger charge is -2.08. The normalized spacial score (nSPS) is 10.4. The molecule has 3 aromatic rings. The molecule has 1 amide bonds. The van der Waals surface area contributed by atoms with Crippen LogP contribution in [0.4, 0.5) is 0 Å². The van der Waals surface area contributed by atoms with Crippen LogP contribution in [0.5, 0.6) is 5.75 Å². The van der Waals surface area contributed by atoms with Crippen LogP contribution in [0.3, 0.4) is 0 Å². The Morgan fingerprint density at radius 3 is 2.80 bits per heavy atom. The van der Waals surface area contributed by atoms with Crippen LogP contribution >= 0.6 is 11.3 Å². The van der Waals surface area contributed by atoms with Crippen molar-refractivity contribution in [1.82, 2.24) is 10.3 Å². The Kier molecular flexibility index (Phi) is 5.77. The molecule has 0 unspecified atom stereocenters. The van der Waals surface area contributed by atoms with Gasteiger partial charge in [-0.25, -0.2) is 4.98 Å². The van der Waals surface area contributed by atoms with E-state index < -0.39 is 0 Å². The van der Waals surface area contributed by atoms with Gasteiger partial charge in [0, 0.05) is 13.1 Å². The van der Waals surface area contributed by atoms with E-state index in [1.165, 1.54) is 11.3 Å². The van der Waals surface area contributed by atoms with Gasteiger partial charge in [-0.2, -0.15) is 0 Å². The first-order valence-electron chi connectivity index (χ1n) is 7.97. The summed E-state index contributed by atoms with van der Waals surface area (Å²) in [5, 5.41) is 2.76. The second-order valence-corrected chi connectivity index (χ2v) is 6.23. The molecule has 3 N–H and O–H groups in total. The van der Waals surface area contributed by atoms with E-state index in [1.54, 1.807) is 5.51 Å². The molecule has 3 rings (SSSR count). The SMILES string of the molecule is NCCNC(=O)c1ncsc1-c1cccc(OCc2ccccc2)c1. The summed E-state index contributed by atoms with van der Waals surface area (Å²) < 4.78 is 5.86. The summed E-state index contributed by atoms with van der Waals surface area (Å²) in [6.07, 6.45) is 0. The van der Waals surface area contributed by atoms with Gasteiger partial charge in [0.2, 0.25) is 0 Å². The predicted molar refractivity (Wildman–Crippen MR) is 99.7 cm³/mol. The van der Waals surface area contributed by atoms with Crippen molar-refractivity contribution in [1.29, 1.82) is 0 Å². The molecule has 1 heterocycles. The van der Waals surface area contributed by atoms with Crippen molar-refractivity contribution >= 4 is 17.2 Å². The number of amides is 1. The number of thiazole rings is 1. The third-order valence-electron chi connectivity index (χ3n) is 3.56.